The Kier molecular flexibility index (Phi) is 5.55. The van der Waals surface area contributed by atoms with Crippen molar-refractivity contribution in [2.24, 2.45) is 0 Å². The van der Waals surface area contributed by atoms with E-state index in [2.05, 4.69) is 10.6 Å². The quantitative estimate of drug-likeness (QED) is 0.669. The van der Waals surface area contributed by atoms with Gasteiger partial charge in [0.1, 0.15) is 11.6 Å². The number of morpholine rings is 1. The molecule has 0 bridgehead atoms. The van der Waals surface area contributed by atoms with E-state index in [9.17, 15) is 9.59 Å². The van der Waals surface area contributed by atoms with Gasteiger partial charge in [-0.05, 0) is 13.3 Å². The second-order valence-corrected chi connectivity index (χ2v) is 4.63. The number of esters is 1. The lowest BCUT2D eigenvalue weighted by Crippen LogP contribution is -2.58. The zero-order valence-corrected chi connectivity index (χ0v) is 11.2. The van der Waals surface area contributed by atoms with Crippen LogP contribution in [-0.4, -0.2) is 50.3 Å². The molecule has 1 fully saturated rings. The Hall–Kier alpha value is -1.14. The van der Waals surface area contributed by atoms with Crippen LogP contribution < -0.4 is 10.6 Å². The van der Waals surface area contributed by atoms with Crippen LogP contribution in [0.5, 0.6) is 0 Å². The third-order valence-electron chi connectivity index (χ3n) is 3.01. The summed E-state index contributed by atoms with van der Waals surface area (Å²) in [5.41, 5.74) is -0.985. The highest BCUT2D eigenvalue weighted by atomic mass is 16.5. The maximum atomic E-state index is 12.0. The number of methoxy groups -OCH3 is 1. The van der Waals surface area contributed by atoms with Crippen molar-refractivity contribution in [2.75, 3.05) is 26.8 Å². The van der Waals surface area contributed by atoms with Crippen LogP contribution in [0.15, 0.2) is 0 Å². The van der Waals surface area contributed by atoms with E-state index in [-0.39, 0.29) is 5.91 Å². The van der Waals surface area contributed by atoms with Gasteiger partial charge in [0.15, 0.2) is 0 Å². The van der Waals surface area contributed by atoms with E-state index in [1.54, 1.807) is 6.92 Å². The van der Waals surface area contributed by atoms with E-state index in [4.69, 9.17) is 9.47 Å². The molecular formula is C12H22N2O4. The third-order valence-corrected chi connectivity index (χ3v) is 3.01. The third kappa shape index (κ3) is 3.68. The maximum Gasteiger partial charge on any atom is 0.331 e. The summed E-state index contributed by atoms with van der Waals surface area (Å²) in [6.07, 6.45) is 0.765. The zero-order valence-electron chi connectivity index (χ0n) is 11.2. The highest BCUT2D eigenvalue weighted by molar-refractivity contribution is 5.89. The molecule has 1 amide bonds. The highest BCUT2D eigenvalue weighted by Gasteiger charge is 2.37. The number of amides is 1. The molecule has 0 saturated carbocycles. The SMILES string of the molecule is CCCC(C)(NC(=O)C1CNCCO1)C(=O)OC. The first-order valence-corrected chi connectivity index (χ1v) is 6.26. The zero-order chi connectivity index (χ0) is 13.6. The molecule has 2 unspecified atom stereocenters. The summed E-state index contributed by atoms with van der Waals surface area (Å²) in [5.74, 6) is -0.704. The molecule has 0 spiro atoms. The topological polar surface area (TPSA) is 76.7 Å². The van der Waals surface area contributed by atoms with Crippen LogP contribution in [0.2, 0.25) is 0 Å². The second kappa shape index (κ2) is 6.70. The molecule has 6 nitrogen and oxygen atoms in total. The number of rotatable bonds is 5. The first-order valence-electron chi connectivity index (χ1n) is 6.26. The highest BCUT2D eigenvalue weighted by Crippen LogP contribution is 2.15. The minimum absolute atomic E-state index is 0.274. The van der Waals surface area contributed by atoms with Gasteiger partial charge in [-0.15, -0.1) is 0 Å². The Morgan fingerprint density at radius 3 is 2.78 bits per heavy atom. The van der Waals surface area contributed by atoms with Gasteiger partial charge in [0.05, 0.1) is 13.7 Å². The Morgan fingerprint density at radius 1 is 1.56 bits per heavy atom. The predicted octanol–water partition coefficient (Wildman–Crippen LogP) is -0.177. The fourth-order valence-corrected chi connectivity index (χ4v) is 2.03. The van der Waals surface area contributed by atoms with Crippen LogP contribution in [-0.2, 0) is 19.1 Å². The van der Waals surface area contributed by atoms with Crippen molar-refractivity contribution in [3.05, 3.63) is 0 Å². The Balaban J connectivity index is 2.64. The monoisotopic (exact) mass is 258 g/mol. The van der Waals surface area contributed by atoms with Gasteiger partial charge in [0, 0.05) is 13.1 Å². The maximum absolute atomic E-state index is 12.0. The molecule has 2 N–H and O–H groups in total. The molecular weight excluding hydrogens is 236 g/mol. The van der Waals surface area contributed by atoms with Crippen LogP contribution >= 0.6 is 0 Å². The van der Waals surface area contributed by atoms with Crippen LogP contribution in [0, 0.1) is 0 Å². The molecule has 2 atom stereocenters. The number of ether oxygens (including phenoxy) is 2. The van der Waals surface area contributed by atoms with Crippen LogP contribution in [0.4, 0.5) is 0 Å². The van der Waals surface area contributed by atoms with Crippen molar-refractivity contribution in [1.82, 2.24) is 10.6 Å². The van der Waals surface area contributed by atoms with Gasteiger partial charge in [-0.25, -0.2) is 4.79 Å². The van der Waals surface area contributed by atoms with Crippen LogP contribution in [0.3, 0.4) is 0 Å². The molecule has 0 aromatic rings. The number of hydrogen-bond donors (Lipinski definition) is 2. The van der Waals surface area contributed by atoms with Crippen molar-refractivity contribution >= 4 is 11.9 Å². The summed E-state index contributed by atoms with van der Waals surface area (Å²) in [6.45, 7) is 5.34. The largest absolute Gasteiger partial charge is 0.467 e. The van der Waals surface area contributed by atoms with Crippen molar-refractivity contribution in [2.45, 2.75) is 38.3 Å². The van der Waals surface area contributed by atoms with E-state index in [0.717, 1.165) is 13.0 Å². The van der Waals surface area contributed by atoms with E-state index >= 15 is 0 Å². The van der Waals surface area contributed by atoms with Gasteiger partial charge < -0.3 is 20.1 Å². The summed E-state index contributed by atoms with van der Waals surface area (Å²) in [4.78, 5) is 23.8. The van der Waals surface area contributed by atoms with Crippen molar-refractivity contribution in [3.8, 4) is 0 Å². The fraction of sp³-hybridized carbons (Fsp3) is 0.833. The Bertz CT molecular complexity index is 302. The summed E-state index contributed by atoms with van der Waals surface area (Å²) in [7, 11) is 1.32. The number of hydrogen-bond acceptors (Lipinski definition) is 5. The normalized spacial score (nSPS) is 22.9. The molecule has 104 valence electrons. The van der Waals surface area contributed by atoms with Gasteiger partial charge >= 0.3 is 5.97 Å². The molecule has 1 rings (SSSR count). The summed E-state index contributed by atoms with van der Waals surface area (Å²) in [6, 6.07) is 0. The molecule has 0 aliphatic carbocycles. The van der Waals surface area contributed by atoms with Crippen molar-refractivity contribution in [3.63, 3.8) is 0 Å². The fourth-order valence-electron chi connectivity index (χ4n) is 2.03. The number of carbonyl (C=O) groups is 2. The standard InChI is InChI=1S/C12H22N2O4/c1-4-5-12(2,11(16)17-3)14-10(15)9-8-13-6-7-18-9/h9,13H,4-8H2,1-3H3,(H,14,15). The van der Waals surface area contributed by atoms with E-state index < -0.39 is 17.6 Å². The Labute approximate surface area is 107 Å². The molecule has 0 aromatic carbocycles. The average Bonchev–Trinajstić information content (AvgIpc) is 2.39. The number of nitrogens with one attached hydrogen (secondary N) is 2. The predicted molar refractivity (Wildman–Crippen MR) is 66.1 cm³/mol. The van der Waals surface area contributed by atoms with Gasteiger partial charge in [-0.3, -0.25) is 4.79 Å². The molecule has 1 saturated heterocycles. The van der Waals surface area contributed by atoms with Gasteiger partial charge in [0.2, 0.25) is 0 Å². The van der Waals surface area contributed by atoms with Gasteiger partial charge in [-0.2, -0.15) is 0 Å². The average molecular weight is 258 g/mol. The molecule has 1 heterocycles. The van der Waals surface area contributed by atoms with E-state index in [1.807, 2.05) is 6.92 Å². The molecule has 18 heavy (non-hydrogen) atoms. The summed E-state index contributed by atoms with van der Waals surface area (Å²) < 4.78 is 10.1. The van der Waals surface area contributed by atoms with Gasteiger partial charge in [-0.1, -0.05) is 13.3 Å². The first kappa shape index (κ1) is 14.9. The lowest BCUT2D eigenvalue weighted by atomic mass is 9.95. The van der Waals surface area contributed by atoms with Crippen LogP contribution in [0.25, 0.3) is 0 Å². The summed E-state index contributed by atoms with van der Waals surface area (Å²) >= 11 is 0. The minimum Gasteiger partial charge on any atom is -0.467 e. The first-order chi connectivity index (χ1) is 8.53. The van der Waals surface area contributed by atoms with E-state index in [0.29, 0.717) is 19.6 Å². The van der Waals surface area contributed by atoms with E-state index in [1.165, 1.54) is 7.11 Å². The molecule has 0 aromatic heterocycles. The summed E-state index contributed by atoms with van der Waals surface area (Å²) in [5, 5.41) is 5.81. The van der Waals surface area contributed by atoms with Crippen molar-refractivity contribution in [1.29, 1.82) is 0 Å². The van der Waals surface area contributed by atoms with Crippen LogP contribution in [0.1, 0.15) is 26.7 Å². The number of carbonyl (C=O) groups excluding carboxylic acids is 2. The van der Waals surface area contributed by atoms with Crippen molar-refractivity contribution < 1.29 is 19.1 Å². The lowest BCUT2D eigenvalue weighted by Gasteiger charge is -2.31. The molecule has 1 aliphatic rings. The minimum atomic E-state index is -0.985. The lowest BCUT2D eigenvalue weighted by molar-refractivity contribution is -0.153. The molecule has 1 aliphatic heterocycles. The Morgan fingerprint density at radius 2 is 2.28 bits per heavy atom. The smallest absolute Gasteiger partial charge is 0.331 e. The van der Waals surface area contributed by atoms with Gasteiger partial charge in [0.25, 0.3) is 5.91 Å². The molecule has 0 radical (unpaired) electrons. The second-order valence-electron chi connectivity index (χ2n) is 4.63. The molecule has 6 heteroatoms.